The van der Waals surface area contributed by atoms with Crippen molar-refractivity contribution in [3.05, 3.63) is 42.0 Å². The van der Waals surface area contributed by atoms with Crippen LogP contribution in [0.25, 0.3) is 0 Å². The largest absolute Gasteiger partial charge is 0.493 e. The molecule has 0 saturated carbocycles. The first kappa shape index (κ1) is 18.4. The van der Waals surface area contributed by atoms with Gasteiger partial charge in [-0.3, -0.25) is 9.59 Å². The summed E-state index contributed by atoms with van der Waals surface area (Å²) in [5, 5.41) is 2.71. The van der Waals surface area contributed by atoms with Crippen molar-refractivity contribution < 1.29 is 28.5 Å². The SMILES string of the molecule is COc1cccc(C(N)=O)c1OCC(=O)Nc1ccc2c(c1)OCCCO2. The molecule has 1 aliphatic rings. The second-order valence-electron chi connectivity index (χ2n) is 5.75. The van der Waals surface area contributed by atoms with Crippen molar-refractivity contribution in [1.82, 2.24) is 0 Å². The van der Waals surface area contributed by atoms with Crippen LogP contribution in [-0.2, 0) is 4.79 Å². The lowest BCUT2D eigenvalue weighted by Crippen LogP contribution is -2.22. The zero-order valence-electron chi connectivity index (χ0n) is 14.8. The van der Waals surface area contributed by atoms with E-state index in [0.717, 1.165) is 6.42 Å². The van der Waals surface area contributed by atoms with Crippen molar-refractivity contribution in [2.45, 2.75) is 6.42 Å². The Balaban J connectivity index is 1.67. The quantitative estimate of drug-likeness (QED) is 0.802. The molecule has 0 aliphatic carbocycles. The summed E-state index contributed by atoms with van der Waals surface area (Å²) in [6.45, 7) is 0.819. The molecule has 2 aromatic rings. The molecular weight excluding hydrogens is 352 g/mol. The molecule has 142 valence electrons. The highest BCUT2D eigenvalue weighted by Gasteiger charge is 2.17. The van der Waals surface area contributed by atoms with E-state index in [0.29, 0.717) is 36.1 Å². The summed E-state index contributed by atoms with van der Waals surface area (Å²) in [5.41, 5.74) is 6.03. The maximum Gasteiger partial charge on any atom is 0.262 e. The molecule has 0 saturated heterocycles. The third kappa shape index (κ3) is 4.41. The molecule has 0 fully saturated rings. The Hall–Kier alpha value is -3.42. The van der Waals surface area contributed by atoms with E-state index < -0.39 is 11.8 Å². The summed E-state index contributed by atoms with van der Waals surface area (Å²) in [6, 6.07) is 9.87. The third-order valence-electron chi connectivity index (χ3n) is 3.84. The van der Waals surface area contributed by atoms with Gasteiger partial charge in [-0.15, -0.1) is 0 Å². The van der Waals surface area contributed by atoms with Crippen LogP contribution in [0.15, 0.2) is 36.4 Å². The van der Waals surface area contributed by atoms with Crippen LogP contribution in [0.2, 0.25) is 0 Å². The van der Waals surface area contributed by atoms with Gasteiger partial charge in [0.2, 0.25) is 0 Å². The number of carbonyl (C=O) groups is 2. The second kappa shape index (κ2) is 8.31. The second-order valence-corrected chi connectivity index (χ2v) is 5.75. The van der Waals surface area contributed by atoms with Gasteiger partial charge in [-0.05, 0) is 24.3 Å². The van der Waals surface area contributed by atoms with Gasteiger partial charge in [0.25, 0.3) is 11.8 Å². The number of para-hydroxylation sites is 1. The number of anilines is 1. The molecule has 3 N–H and O–H groups in total. The zero-order valence-corrected chi connectivity index (χ0v) is 14.8. The number of rotatable bonds is 6. The monoisotopic (exact) mass is 372 g/mol. The van der Waals surface area contributed by atoms with E-state index in [4.69, 9.17) is 24.7 Å². The number of hydrogen-bond acceptors (Lipinski definition) is 6. The number of amides is 2. The smallest absolute Gasteiger partial charge is 0.262 e. The number of ether oxygens (including phenoxy) is 4. The van der Waals surface area contributed by atoms with Gasteiger partial charge in [-0.2, -0.15) is 0 Å². The van der Waals surface area contributed by atoms with Crippen LogP contribution in [0.4, 0.5) is 5.69 Å². The fraction of sp³-hybridized carbons (Fsp3) is 0.263. The normalized spacial score (nSPS) is 12.6. The Morgan fingerprint density at radius 2 is 1.93 bits per heavy atom. The molecule has 0 unspecified atom stereocenters. The van der Waals surface area contributed by atoms with E-state index in [9.17, 15) is 9.59 Å². The van der Waals surface area contributed by atoms with Gasteiger partial charge >= 0.3 is 0 Å². The lowest BCUT2D eigenvalue weighted by molar-refractivity contribution is -0.118. The summed E-state index contributed by atoms with van der Waals surface area (Å²) in [4.78, 5) is 23.8. The van der Waals surface area contributed by atoms with Gasteiger partial charge in [-0.25, -0.2) is 0 Å². The van der Waals surface area contributed by atoms with Crippen LogP contribution in [0.3, 0.4) is 0 Å². The number of methoxy groups -OCH3 is 1. The molecule has 0 aromatic heterocycles. The van der Waals surface area contributed by atoms with Crippen molar-refractivity contribution in [2.24, 2.45) is 5.73 Å². The van der Waals surface area contributed by atoms with Crippen molar-refractivity contribution in [3.63, 3.8) is 0 Å². The van der Waals surface area contributed by atoms with Crippen LogP contribution >= 0.6 is 0 Å². The molecule has 3 rings (SSSR count). The van der Waals surface area contributed by atoms with Crippen LogP contribution < -0.4 is 30.0 Å². The molecule has 1 heterocycles. The highest BCUT2D eigenvalue weighted by atomic mass is 16.5. The van der Waals surface area contributed by atoms with Gasteiger partial charge in [-0.1, -0.05) is 6.07 Å². The number of carbonyl (C=O) groups excluding carboxylic acids is 2. The molecular formula is C19H20N2O6. The summed E-state index contributed by atoms with van der Waals surface area (Å²) >= 11 is 0. The fourth-order valence-electron chi connectivity index (χ4n) is 2.60. The minimum Gasteiger partial charge on any atom is -0.493 e. The van der Waals surface area contributed by atoms with E-state index in [-0.39, 0.29) is 17.9 Å². The summed E-state index contributed by atoms with van der Waals surface area (Å²) in [7, 11) is 1.44. The van der Waals surface area contributed by atoms with Gasteiger partial charge in [0.05, 0.1) is 25.9 Å². The van der Waals surface area contributed by atoms with Crippen molar-refractivity contribution in [2.75, 3.05) is 32.2 Å². The van der Waals surface area contributed by atoms with Gasteiger partial charge < -0.3 is 30.0 Å². The van der Waals surface area contributed by atoms with Gasteiger partial charge in [0.1, 0.15) is 0 Å². The first-order chi connectivity index (χ1) is 13.1. The number of primary amides is 1. The highest BCUT2D eigenvalue weighted by Crippen LogP contribution is 2.33. The number of hydrogen-bond donors (Lipinski definition) is 2. The Labute approximate surface area is 156 Å². The van der Waals surface area contributed by atoms with E-state index in [1.54, 1.807) is 30.3 Å². The minimum atomic E-state index is -0.674. The van der Waals surface area contributed by atoms with Crippen LogP contribution in [-0.4, -0.2) is 38.7 Å². The van der Waals surface area contributed by atoms with Crippen LogP contribution in [0, 0.1) is 0 Å². The maximum atomic E-state index is 12.2. The van der Waals surface area contributed by atoms with E-state index >= 15 is 0 Å². The molecule has 0 spiro atoms. The Morgan fingerprint density at radius 1 is 1.15 bits per heavy atom. The van der Waals surface area contributed by atoms with Crippen molar-refractivity contribution in [3.8, 4) is 23.0 Å². The molecule has 27 heavy (non-hydrogen) atoms. The average Bonchev–Trinajstić information content (AvgIpc) is 2.90. The summed E-state index contributed by atoms with van der Waals surface area (Å²) in [6.07, 6.45) is 0.797. The fourth-order valence-corrected chi connectivity index (χ4v) is 2.60. The molecule has 2 amide bonds. The van der Waals surface area contributed by atoms with Gasteiger partial charge in [0.15, 0.2) is 29.6 Å². The molecule has 2 aromatic carbocycles. The number of benzene rings is 2. The van der Waals surface area contributed by atoms with E-state index in [2.05, 4.69) is 5.32 Å². The Bertz CT molecular complexity index is 852. The molecule has 8 heteroatoms. The highest BCUT2D eigenvalue weighted by molar-refractivity contribution is 5.97. The van der Waals surface area contributed by atoms with E-state index in [1.165, 1.54) is 13.2 Å². The lowest BCUT2D eigenvalue weighted by atomic mass is 10.2. The first-order valence-corrected chi connectivity index (χ1v) is 8.37. The molecule has 0 radical (unpaired) electrons. The topological polar surface area (TPSA) is 109 Å². The molecule has 0 atom stereocenters. The van der Waals surface area contributed by atoms with Crippen LogP contribution in [0.5, 0.6) is 23.0 Å². The third-order valence-corrected chi connectivity index (χ3v) is 3.84. The Morgan fingerprint density at radius 3 is 2.67 bits per heavy atom. The van der Waals surface area contributed by atoms with Crippen molar-refractivity contribution in [1.29, 1.82) is 0 Å². The number of fused-ring (bicyclic) bond motifs is 1. The lowest BCUT2D eigenvalue weighted by Gasteiger charge is -2.14. The first-order valence-electron chi connectivity index (χ1n) is 8.37. The molecule has 8 nitrogen and oxygen atoms in total. The molecule has 1 aliphatic heterocycles. The average molecular weight is 372 g/mol. The Kier molecular flexibility index (Phi) is 5.65. The zero-order chi connectivity index (χ0) is 19.2. The predicted octanol–water partition coefficient (Wildman–Crippen LogP) is 1.97. The molecule has 0 bridgehead atoms. The summed E-state index contributed by atoms with van der Waals surface area (Å²) in [5.74, 6) is 0.572. The van der Waals surface area contributed by atoms with Gasteiger partial charge in [0, 0.05) is 18.2 Å². The summed E-state index contributed by atoms with van der Waals surface area (Å²) < 4.78 is 21.8. The number of nitrogens with two attached hydrogens (primary N) is 1. The van der Waals surface area contributed by atoms with Crippen molar-refractivity contribution >= 4 is 17.5 Å². The minimum absolute atomic E-state index is 0.126. The van der Waals surface area contributed by atoms with E-state index in [1.807, 2.05) is 0 Å². The number of nitrogens with one attached hydrogen (secondary N) is 1. The predicted molar refractivity (Wildman–Crippen MR) is 97.7 cm³/mol. The standard InChI is InChI=1S/C19H20N2O6/c1-24-15-5-2-4-13(19(20)23)18(15)27-11-17(22)21-12-6-7-14-16(10-12)26-9-3-8-25-14/h2,4-7,10H,3,8-9,11H2,1H3,(H2,20,23)(H,21,22). The maximum absolute atomic E-state index is 12.2. The van der Waals surface area contributed by atoms with Crippen LogP contribution in [0.1, 0.15) is 16.8 Å².